The smallest absolute Gasteiger partial charge is 0.273 e. The van der Waals surface area contributed by atoms with Crippen molar-refractivity contribution in [2.75, 3.05) is 13.1 Å². The molecule has 0 bridgehead atoms. The maximum atomic E-state index is 12.3. The van der Waals surface area contributed by atoms with E-state index in [1.807, 2.05) is 37.4 Å². The predicted molar refractivity (Wildman–Crippen MR) is 80.8 cm³/mol. The summed E-state index contributed by atoms with van der Waals surface area (Å²) in [6, 6.07) is 5.71. The van der Waals surface area contributed by atoms with Crippen LogP contribution in [0.1, 0.15) is 27.6 Å². The molecule has 3 rings (SSSR count). The number of carbonyl (C=O) groups is 1. The summed E-state index contributed by atoms with van der Waals surface area (Å²) in [5.74, 6) is 0.612. The second kappa shape index (κ2) is 5.81. The number of hydrogen-bond acceptors (Lipinski definition) is 5. The first kappa shape index (κ1) is 14.0. The molecule has 21 heavy (non-hydrogen) atoms. The Morgan fingerprint density at radius 3 is 2.95 bits per heavy atom. The lowest BCUT2D eigenvalue weighted by Gasteiger charge is -2.16. The second-order valence-corrected chi connectivity index (χ2v) is 6.21. The topological polar surface area (TPSA) is 55.3 Å². The van der Waals surface area contributed by atoms with Gasteiger partial charge in [0.2, 0.25) is 5.88 Å². The average molecular weight is 303 g/mol. The fraction of sp³-hybridized carbons (Fsp3) is 0.400. The van der Waals surface area contributed by atoms with E-state index in [1.165, 1.54) is 11.3 Å². The molecule has 5 nitrogen and oxygen atoms in total. The lowest BCUT2D eigenvalue weighted by Crippen LogP contribution is -2.31. The van der Waals surface area contributed by atoms with Gasteiger partial charge in [0, 0.05) is 30.1 Å². The zero-order valence-electron chi connectivity index (χ0n) is 12.1. The van der Waals surface area contributed by atoms with E-state index >= 15 is 0 Å². The van der Waals surface area contributed by atoms with Gasteiger partial charge >= 0.3 is 0 Å². The number of aryl methyl sites for hydroxylation is 2. The first-order valence-electron chi connectivity index (χ1n) is 6.93. The summed E-state index contributed by atoms with van der Waals surface area (Å²) in [5, 5.41) is 2.72. The Morgan fingerprint density at radius 2 is 2.24 bits per heavy atom. The van der Waals surface area contributed by atoms with Gasteiger partial charge in [-0.2, -0.15) is 0 Å². The van der Waals surface area contributed by atoms with Crippen LogP contribution >= 0.6 is 11.3 Å². The molecular formula is C15H17N3O2S. The van der Waals surface area contributed by atoms with E-state index in [1.54, 1.807) is 4.90 Å². The van der Waals surface area contributed by atoms with Gasteiger partial charge in [-0.25, -0.2) is 9.97 Å². The number of amides is 1. The lowest BCUT2D eigenvalue weighted by molar-refractivity contribution is 0.0766. The summed E-state index contributed by atoms with van der Waals surface area (Å²) in [6.07, 6.45) is 0.827. The Labute approximate surface area is 127 Å². The van der Waals surface area contributed by atoms with Gasteiger partial charge in [0.25, 0.3) is 5.91 Å². The molecule has 1 aliphatic rings. The number of thiazole rings is 1. The Balaban J connectivity index is 1.61. The minimum atomic E-state index is -0.0114. The van der Waals surface area contributed by atoms with Crippen molar-refractivity contribution in [2.24, 2.45) is 0 Å². The quantitative estimate of drug-likeness (QED) is 0.874. The van der Waals surface area contributed by atoms with Crippen LogP contribution in [-0.2, 0) is 0 Å². The summed E-state index contributed by atoms with van der Waals surface area (Å²) in [4.78, 5) is 22.7. The molecule has 0 aliphatic carbocycles. The molecule has 2 aromatic rings. The Kier molecular flexibility index (Phi) is 3.88. The molecule has 1 amide bonds. The lowest BCUT2D eigenvalue weighted by atomic mass is 10.3. The summed E-state index contributed by atoms with van der Waals surface area (Å²) in [6.45, 7) is 5.12. The van der Waals surface area contributed by atoms with Crippen LogP contribution in [0.3, 0.4) is 0 Å². The van der Waals surface area contributed by atoms with Crippen molar-refractivity contribution in [3.8, 4) is 5.88 Å². The molecule has 3 heterocycles. The maximum Gasteiger partial charge on any atom is 0.273 e. The molecule has 1 unspecified atom stereocenters. The summed E-state index contributed by atoms with van der Waals surface area (Å²) >= 11 is 1.50. The van der Waals surface area contributed by atoms with E-state index in [4.69, 9.17) is 4.74 Å². The number of nitrogens with zero attached hydrogens (tertiary/aromatic N) is 3. The number of pyridine rings is 1. The molecule has 0 N–H and O–H groups in total. The van der Waals surface area contributed by atoms with Crippen LogP contribution in [0.4, 0.5) is 0 Å². The van der Waals surface area contributed by atoms with Crippen molar-refractivity contribution < 1.29 is 9.53 Å². The van der Waals surface area contributed by atoms with E-state index in [-0.39, 0.29) is 12.0 Å². The fourth-order valence-electron chi connectivity index (χ4n) is 2.39. The van der Waals surface area contributed by atoms with Crippen LogP contribution < -0.4 is 4.74 Å². The van der Waals surface area contributed by atoms with Gasteiger partial charge in [-0.1, -0.05) is 6.07 Å². The summed E-state index contributed by atoms with van der Waals surface area (Å²) in [7, 11) is 0. The van der Waals surface area contributed by atoms with Gasteiger partial charge in [0.1, 0.15) is 11.8 Å². The molecule has 1 atom stereocenters. The van der Waals surface area contributed by atoms with Gasteiger partial charge in [0.15, 0.2) is 0 Å². The van der Waals surface area contributed by atoms with E-state index in [9.17, 15) is 4.79 Å². The zero-order valence-corrected chi connectivity index (χ0v) is 12.9. The zero-order chi connectivity index (χ0) is 14.8. The number of aromatic nitrogens is 2. The third-order valence-electron chi connectivity index (χ3n) is 3.42. The first-order valence-corrected chi connectivity index (χ1v) is 7.81. The third-order valence-corrected chi connectivity index (χ3v) is 4.19. The molecule has 2 aromatic heterocycles. The van der Waals surface area contributed by atoms with Gasteiger partial charge in [-0.3, -0.25) is 4.79 Å². The van der Waals surface area contributed by atoms with Crippen molar-refractivity contribution in [3.63, 3.8) is 0 Å². The monoisotopic (exact) mass is 303 g/mol. The van der Waals surface area contributed by atoms with Crippen molar-refractivity contribution in [1.82, 2.24) is 14.9 Å². The minimum absolute atomic E-state index is 0.00276. The van der Waals surface area contributed by atoms with Crippen molar-refractivity contribution in [1.29, 1.82) is 0 Å². The SMILES string of the molecule is Cc1cccc(OC2CCN(C(=O)c3csc(C)n3)C2)n1. The highest BCUT2D eigenvalue weighted by atomic mass is 32.1. The minimum Gasteiger partial charge on any atom is -0.472 e. The number of carbonyl (C=O) groups excluding carboxylic acids is 1. The van der Waals surface area contributed by atoms with Gasteiger partial charge < -0.3 is 9.64 Å². The molecule has 1 saturated heterocycles. The standard InChI is InChI=1S/C15H17N3O2S/c1-10-4-3-5-14(16-10)20-12-6-7-18(8-12)15(19)13-9-21-11(2)17-13/h3-5,9,12H,6-8H2,1-2H3. The molecule has 6 heteroatoms. The summed E-state index contributed by atoms with van der Waals surface area (Å²) < 4.78 is 5.85. The van der Waals surface area contributed by atoms with E-state index in [2.05, 4.69) is 9.97 Å². The number of ether oxygens (including phenoxy) is 1. The van der Waals surface area contributed by atoms with Crippen LogP contribution in [0.5, 0.6) is 5.88 Å². The molecule has 1 aliphatic heterocycles. The fourth-order valence-corrected chi connectivity index (χ4v) is 2.97. The van der Waals surface area contributed by atoms with Gasteiger partial charge in [0.05, 0.1) is 11.6 Å². The Morgan fingerprint density at radius 1 is 1.38 bits per heavy atom. The largest absolute Gasteiger partial charge is 0.472 e. The maximum absolute atomic E-state index is 12.3. The first-order chi connectivity index (χ1) is 10.1. The van der Waals surface area contributed by atoms with Crippen LogP contribution in [0.2, 0.25) is 0 Å². The number of likely N-dealkylation sites (tertiary alicyclic amines) is 1. The Hall–Kier alpha value is -1.95. The average Bonchev–Trinajstić information content (AvgIpc) is 3.07. The molecule has 0 aromatic carbocycles. The Bertz CT molecular complexity index is 656. The molecule has 1 fully saturated rings. The molecule has 0 radical (unpaired) electrons. The summed E-state index contributed by atoms with van der Waals surface area (Å²) in [5.41, 5.74) is 1.46. The van der Waals surface area contributed by atoms with E-state index in [0.717, 1.165) is 17.1 Å². The van der Waals surface area contributed by atoms with Gasteiger partial charge in [-0.05, 0) is 19.9 Å². The molecular weight excluding hydrogens is 286 g/mol. The van der Waals surface area contributed by atoms with Crippen molar-refractivity contribution in [2.45, 2.75) is 26.4 Å². The molecule has 0 spiro atoms. The van der Waals surface area contributed by atoms with Crippen LogP contribution in [0, 0.1) is 13.8 Å². The third kappa shape index (κ3) is 3.21. The van der Waals surface area contributed by atoms with Crippen LogP contribution in [0.15, 0.2) is 23.6 Å². The van der Waals surface area contributed by atoms with Crippen molar-refractivity contribution in [3.05, 3.63) is 40.0 Å². The predicted octanol–water partition coefficient (Wildman–Crippen LogP) is 2.45. The van der Waals surface area contributed by atoms with Crippen LogP contribution in [0.25, 0.3) is 0 Å². The van der Waals surface area contributed by atoms with Gasteiger partial charge in [-0.15, -0.1) is 11.3 Å². The van der Waals surface area contributed by atoms with E-state index < -0.39 is 0 Å². The normalized spacial score (nSPS) is 18.0. The second-order valence-electron chi connectivity index (χ2n) is 5.15. The highest BCUT2D eigenvalue weighted by Gasteiger charge is 2.29. The van der Waals surface area contributed by atoms with Crippen molar-refractivity contribution >= 4 is 17.2 Å². The van der Waals surface area contributed by atoms with Crippen LogP contribution in [-0.4, -0.2) is 40.0 Å². The number of hydrogen-bond donors (Lipinski definition) is 0. The molecule has 110 valence electrons. The highest BCUT2D eigenvalue weighted by Crippen LogP contribution is 2.19. The molecule has 0 saturated carbocycles. The van der Waals surface area contributed by atoms with E-state index in [0.29, 0.717) is 24.7 Å². The number of rotatable bonds is 3. The highest BCUT2D eigenvalue weighted by molar-refractivity contribution is 7.09.